The minimum atomic E-state index is -0.0998. The van der Waals surface area contributed by atoms with Gasteiger partial charge in [-0.3, -0.25) is 9.59 Å². The highest BCUT2D eigenvalue weighted by Crippen LogP contribution is 2.21. The van der Waals surface area contributed by atoms with E-state index in [1.807, 2.05) is 36.1 Å². The summed E-state index contributed by atoms with van der Waals surface area (Å²) in [4.78, 5) is 29.7. The number of aliphatic imine (C=N–C) groups is 1. The second kappa shape index (κ2) is 15.9. The molecule has 0 aromatic heterocycles. The van der Waals surface area contributed by atoms with E-state index in [9.17, 15) is 9.59 Å². The average Bonchev–Trinajstić information content (AvgIpc) is 3.17. The summed E-state index contributed by atoms with van der Waals surface area (Å²) in [5.74, 6) is 0.917. The molecule has 1 heterocycles. The molecule has 31 heavy (non-hydrogen) atoms. The van der Waals surface area contributed by atoms with Crippen LogP contribution >= 0.6 is 24.0 Å². The Bertz CT molecular complexity index is 695. The van der Waals surface area contributed by atoms with Gasteiger partial charge in [0, 0.05) is 38.2 Å². The first-order valence-electron chi connectivity index (χ1n) is 11.2. The summed E-state index contributed by atoms with van der Waals surface area (Å²) in [6.45, 7) is 7.39. The van der Waals surface area contributed by atoms with Gasteiger partial charge in [0.25, 0.3) is 0 Å². The van der Waals surface area contributed by atoms with Crippen molar-refractivity contribution in [3.8, 4) is 0 Å². The van der Waals surface area contributed by atoms with Crippen LogP contribution in [0.3, 0.4) is 0 Å². The lowest BCUT2D eigenvalue weighted by Gasteiger charge is -2.16. The van der Waals surface area contributed by atoms with Gasteiger partial charge in [-0.05, 0) is 50.8 Å². The molecule has 1 fully saturated rings. The SMILES string of the molecule is CCNC(=NCc1ccc(N2CCCC2=O)cc1)NCCCCCCC(=O)OCC.I. The van der Waals surface area contributed by atoms with Gasteiger partial charge in [0.2, 0.25) is 5.91 Å². The van der Waals surface area contributed by atoms with Gasteiger partial charge >= 0.3 is 5.97 Å². The van der Waals surface area contributed by atoms with Crippen LogP contribution in [0.25, 0.3) is 0 Å². The van der Waals surface area contributed by atoms with Crippen LogP contribution in [0.15, 0.2) is 29.3 Å². The lowest BCUT2D eigenvalue weighted by molar-refractivity contribution is -0.143. The lowest BCUT2D eigenvalue weighted by Crippen LogP contribution is -2.37. The Morgan fingerprint density at radius 1 is 1.10 bits per heavy atom. The highest BCUT2D eigenvalue weighted by molar-refractivity contribution is 14.0. The maximum atomic E-state index is 11.9. The molecule has 2 rings (SSSR count). The van der Waals surface area contributed by atoms with Crippen LogP contribution in [0.2, 0.25) is 0 Å². The molecule has 1 aliphatic heterocycles. The highest BCUT2D eigenvalue weighted by Gasteiger charge is 2.21. The summed E-state index contributed by atoms with van der Waals surface area (Å²) in [7, 11) is 0. The fourth-order valence-corrected chi connectivity index (χ4v) is 3.40. The molecule has 0 atom stereocenters. The van der Waals surface area contributed by atoms with E-state index in [0.29, 0.717) is 26.0 Å². The number of carbonyl (C=O) groups is 2. The Kier molecular flexibility index (Phi) is 13.9. The molecule has 0 radical (unpaired) electrons. The maximum absolute atomic E-state index is 11.9. The van der Waals surface area contributed by atoms with Gasteiger partial charge in [0.15, 0.2) is 5.96 Å². The van der Waals surface area contributed by atoms with E-state index in [0.717, 1.165) is 68.9 Å². The van der Waals surface area contributed by atoms with Crippen molar-refractivity contribution in [1.29, 1.82) is 0 Å². The molecule has 0 bridgehead atoms. The van der Waals surface area contributed by atoms with Gasteiger partial charge < -0.3 is 20.3 Å². The van der Waals surface area contributed by atoms with Gasteiger partial charge in [0.05, 0.1) is 13.2 Å². The Balaban J connectivity index is 0.00000480. The zero-order valence-corrected chi connectivity index (χ0v) is 21.2. The van der Waals surface area contributed by atoms with Crippen LogP contribution in [0.4, 0.5) is 5.69 Å². The van der Waals surface area contributed by atoms with Crippen molar-refractivity contribution < 1.29 is 14.3 Å². The summed E-state index contributed by atoms with van der Waals surface area (Å²) < 4.78 is 4.94. The fraction of sp³-hybridized carbons (Fsp3) is 0.609. The molecule has 1 aromatic carbocycles. The Morgan fingerprint density at radius 3 is 2.48 bits per heavy atom. The zero-order chi connectivity index (χ0) is 21.6. The topological polar surface area (TPSA) is 83.0 Å². The number of benzene rings is 1. The molecule has 0 aliphatic carbocycles. The second-order valence-electron chi connectivity index (χ2n) is 7.41. The molecule has 0 saturated carbocycles. The molecule has 7 nitrogen and oxygen atoms in total. The lowest BCUT2D eigenvalue weighted by atomic mass is 10.1. The van der Waals surface area contributed by atoms with E-state index in [-0.39, 0.29) is 35.9 Å². The number of rotatable bonds is 12. The van der Waals surface area contributed by atoms with Crippen LogP contribution in [-0.2, 0) is 20.9 Å². The molecule has 1 amide bonds. The van der Waals surface area contributed by atoms with Gasteiger partial charge in [-0.2, -0.15) is 0 Å². The van der Waals surface area contributed by atoms with E-state index in [1.54, 1.807) is 0 Å². The number of nitrogens with zero attached hydrogens (tertiary/aromatic N) is 2. The van der Waals surface area contributed by atoms with Crippen LogP contribution in [0.1, 0.15) is 64.4 Å². The van der Waals surface area contributed by atoms with Crippen LogP contribution in [-0.4, -0.2) is 44.1 Å². The minimum Gasteiger partial charge on any atom is -0.466 e. The van der Waals surface area contributed by atoms with Crippen molar-refractivity contribution >= 4 is 47.5 Å². The zero-order valence-electron chi connectivity index (χ0n) is 18.8. The third-order valence-corrected chi connectivity index (χ3v) is 4.99. The first-order chi connectivity index (χ1) is 14.6. The van der Waals surface area contributed by atoms with Gasteiger partial charge in [-0.15, -0.1) is 24.0 Å². The number of amides is 1. The molecule has 8 heteroatoms. The molecular weight excluding hydrogens is 507 g/mol. The number of esters is 1. The molecule has 0 spiro atoms. The number of halogens is 1. The van der Waals surface area contributed by atoms with Crippen molar-refractivity contribution in [2.24, 2.45) is 4.99 Å². The fourth-order valence-electron chi connectivity index (χ4n) is 3.40. The Labute approximate surface area is 203 Å². The minimum absolute atomic E-state index is 0. The van der Waals surface area contributed by atoms with Gasteiger partial charge in [-0.25, -0.2) is 4.99 Å². The van der Waals surface area contributed by atoms with E-state index in [2.05, 4.69) is 22.5 Å². The maximum Gasteiger partial charge on any atom is 0.305 e. The molecule has 1 aromatic rings. The van der Waals surface area contributed by atoms with Crippen LogP contribution in [0.5, 0.6) is 0 Å². The average molecular weight is 544 g/mol. The Hall–Kier alpha value is -1.84. The number of unbranched alkanes of at least 4 members (excludes halogenated alkanes) is 3. The van der Waals surface area contributed by atoms with Crippen molar-refractivity contribution in [3.05, 3.63) is 29.8 Å². The summed E-state index contributed by atoms with van der Waals surface area (Å²) >= 11 is 0. The normalized spacial score (nSPS) is 13.7. The molecular formula is C23H37IN4O3. The summed E-state index contributed by atoms with van der Waals surface area (Å²) in [6.07, 6.45) is 6.11. The Morgan fingerprint density at radius 2 is 1.84 bits per heavy atom. The van der Waals surface area contributed by atoms with E-state index < -0.39 is 0 Å². The molecule has 0 unspecified atom stereocenters. The first kappa shape index (κ1) is 27.2. The van der Waals surface area contributed by atoms with Gasteiger partial charge in [-0.1, -0.05) is 25.0 Å². The molecule has 2 N–H and O–H groups in total. The number of carbonyl (C=O) groups excluding carboxylic acids is 2. The van der Waals surface area contributed by atoms with E-state index in [4.69, 9.17) is 4.74 Å². The number of guanidine groups is 1. The van der Waals surface area contributed by atoms with Crippen molar-refractivity contribution in [3.63, 3.8) is 0 Å². The van der Waals surface area contributed by atoms with Gasteiger partial charge in [0.1, 0.15) is 0 Å². The van der Waals surface area contributed by atoms with Crippen molar-refractivity contribution in [2.45, 2.75) is 65.3 Å². The van der Waals surface area contributed by atoms with Crippen LogP contribution < -0.4 is 15.5 Å². The highest BCUT2D eigenvalue weighted by atomic mass is 127. The standard InChI is InChI=1S/C23H36N4O3.HI/c1-3-24-23(25-16-8-6-5-7-11-22(29)30-4-2)26-18-19-12-14-20(15-13-19)27-17-9-10-21(27)28;/h12-15H,3-11,16-18H2,1-2H3,(H2,24,25,26);1H. The largest absolute Gasteiger partial charge is 0.466 e. The number of ether oxygens (including phenoxy) is 1. The van der Waals surface area contributed by atoms with Crippen LogP contribution in [0, 0.1) is 0 Å². The number of nitrogens with one attached hydrogen (secondary N) is 2. The summed E-state index contributed by atoms with van der Waals surface area (Å²) in [6, 6.07) is 8.09. The van der Waals surface area contributed by atoms with Crippen molar-refractivity contribution in [2.75, 3.05) is 31.1 Å². The third-order valence-electron chi connectivity index (χ3n) is 4.99. The van der Waals surface area contributed by atoms with E-state index in [1.165, 1.54) is 0 Å². The first-order valence-corrected chi connectivity index (χ1v) is 11.2. The number of hydrogen-bond acceptors (Lipinski definition) is 4. The predicted molar refractivity (Wildman–Crippen MR) is 136 cm³/mol. The smallest absolute Gasteiger partial charge is 0.305 e. The summed E-state index contributed by atoms with van der Waals surface area (Å²) in [5.41, 5.74) is 2.08. The van der Waals surface area contributed by atoms with E-state index >= 15 is 0 Å². The van der Waals surface area contributed by atoms with Crippen molar-refractivity contribution in [1.82, 2.24) is 10.6 Å². The monoisotopic (exact) mass is 544 g/mol. The third kappa shape index (κ3) is 10.3. The number of anilines is 1. The molecule has 1 aliphatic rings. The molecule has 1 saturated heterocycles. The summed E-state index contributed by atoms with van der Waals surface area (Å²) in [5, 5.41) is 6.64. The second-order valence-corrected chi connectivity index (χ2v) is 7.41. The molecule has 174 valence electrons. The number of hydrogen-bond donors (Lipinski definition) is 2. The quantitative estimate of drug-likeness (QED) is 0.137. The predicted octanol–water partition coefficient (Wildman–Crippen LogP) is 4.00.